The number of carbonyl (C=O) groups is 2. The van der Waals surface area contributed by atoms with Gasteiger partial charge in [-0.3, -0.25) is 9.59 Å². The number of aromatic amines is 1. The summed E-state index contributed by atoms with van der Waals surface area (Å²) >= 11 is 12.1. The molecule has 2 aromatic carbocycles. The third kappa shape index (κ3) is 4.53. The molecule has 3 aromatic rings. The number of H-pyrrole nitrogens is 1. The molecule has 3 N–H and O–H groups in total. The molecule has 0 aliphatic carbocycles. The van der Waals surface area contributed by atoms with Crippen LogP contribution in [0.3, 0.4) is 0 Å². The van der Waals surface area contributed by atoms with Crippen LogP contribution < -0.4 is 5.73 Å². The molecule has 0 aliphatic rings. The van der Waals surface area contributed by atoms with Gasteiger partial charge in [-0.15, -0.1) is 0 Å². The van der Waals surface area contributed by atoms with Crippen LogP contribution in [0.1, 0.15) is 39.0 Å². The second-order valence-corrected chi connectivity index (χ2v) is 9.84. The summed E-state index contributed by atoms with van der Waals surface area (Å²) in [4.78, 5) is 29.1. The summed E-state index contributed by atoms with van der Waals surface area (Å²) in [6, 6.07) is 12.6. The van der Waals surface area contributed by atoms with Crippen molar-refractivity contribution in [1.82, 2.24) is 9.88 Å². The fourth-order valence-electron chi connectivity index (χ4n) is 3.40. The molecule has 0 spiro atoms. The fraction of sp³-hybridized carbons (Fsp3) is 0.182. The van der Waals surface area contributed by atoms with Crippen LogP contribution in [-0.2, 0) is 22.8 Å². The molecular weight excluding hydrogens is 473 g/mol. The lowest BCUT2D eigenvalue weighted by molar-refractivity contribution is 0.0779. The fourth-order valence-corrected chi connectivity index (χ4v) is 5.61. The normalized spacial score (nSPS) is 11.4. The van der Waals surface area contributed by atoms with Crippen LogP contribution in [0.2, 0.25) is 10.0 Å². The van der Waals surface area contributed by atoms with Gasteiger partial charge in [-0.25, -0.2) is 8.42 Å². The summed E-state index contributed by atoms with van der Waals surface area (Å²) in [5.74, 6) is -1.48. The number of carbonyl (C=O) groups excluding carboxylic acids is 2. The van der Waals surface area contributed by atoms with Crippen molar-refractivity contribution < 1.29 is 18.0 Å². The number of benzene rings is 2. The number of halogens is 2. The van der Waals surface area contributed by atoms with Crippen LogP contribution in [0.4, 0.5) is 0 Å². The number of nitrogens with two attached hydrogens (primary N) is 1. The molecule has 2 amide bonds. The highest BCUT2D eigenvalue weighted by atomic mass is 35.5. The average molecular weight is 494 g/mol. The van der Waals surface area contributed by atoms with Crippen LogP contribution in [0.15, 0.2) is 58.3 Å². The standard InChI is InChI=1S/C22H21Cl2N3O4S/c1-3-16-18(22(29)27(2)12-13-9-10-14(23)11-17(13)24)26-19(21(25)28)20(16)32(30,31)15-7-5-4-6-8-15/h4-11,26H,3,12H2,1-2H3,(H2,25,28). The number of aromatic nitrogens is 1. The minimum absolute atomic E-state index is 0.00324. The Morgan fingerprint density at radius 1 is 1.06 bits per heavy atom. The van der Waals surface area contributed by atoms with Gasteiger partial charge >= 0.3 is 0 Å². The van der Waals surface area contributed by atoms with E-state index in [1.54, 1.807) is 50.4 Å². The van der Waals surface area contributed by atoms with E-state index in [1.807, 2.05) is 0 Å². The van der Waals surface area contributed by atoms with Crippen molar-refractivity contribution in [3.8, 4) is 0 Å². The van der Waals surface area contributed by atoms with Crippen molar-refractivity contribution in [3.63, 3.8) is 0 Å². The van der Waals surface area contributed by atoms with Crippen molar-refractivity contribution in [2.24, 2.45) is 5.73 Å². The summed E-state index contributed by atoms with van der Waals surface area (Å²) in [7, 11) is -2.56. The lowest BCUT2D eigenvalue weighted by Crippen LogP contribution is -2.27. The summed E-state index contributed by atoms with van der Waals surface area (Å²) in [5, 5.41) is 0.858. The van der Waals surface area contributed by atoms with Crippen LogP contribution in [0, 0.1) is 0 Å². The van der Waals surface area contributed by atoms with Crippen molar-refractivity contribution >= 4 is 44.9 Å². The van der Waals surface area contributed by atoms with Crippen LogP contribution in [0.25, 0.3) is 0 Å². The number of hydrogen-bond donors (Lipinski definition) is 2. The zero-order chi connectivity index (χ0) is 23.6. The molecule has 0 radical (unpaired) electrons. The molecule has 1 heterocycles. The molecule has 3 rings (SSSR count). The van der Waals surface area contributed by atoms with E-state index in [0.29, 0.717) is 15.6 Å². The maximum Gasteiger partial charge on any atom is 0.270 e. The molecule has 0 aliphatic heterocycles. The number of primary amides is 1. The molecule has 0 atom stereocenters. The molecule has 7 nitrogen and oxygen atoms in total. The zero-order valence-electron chi connectivity index (χ0n) is 17.4. The Bertz CT molecular complexity index is 1290. The second kappa shape index (κ2) is 9.36. The molecular formula is C22H21Cl2N3O4S. The van der Waals surface area contributed by atoms with E-state index in [2.05, 4.69) is 4.98 Å². The number of amides is 2. The highest BCUT2D eigenvalue weighted by molar-refractivity contribution is 7.91. The van der Waals surface area contributed by atoms with Gasteiger partial charge in [0.05, 0.1) is 4.90 Å². The van der Waals surface area contributed by atoms with E-state index in [9.17, 15) is 18.0 Å². The Kier molecular flexibility index (Phi) is 6.97. The number of nitrogens with one attached hydrogen (secondary N) is 1. The zero-order valence-corrected chi connectivity index (χ0v) is 19.7. The summed E-state index contributed by atoms with van der Waals surface area (Å²) in [5.41, 5.74) is 5.99. The molecule has 0 fully saturated rings. The highest BCUT2D eigenvalue weighted by Gasteiger charge is 2.33. The Morgan fingerprint density at radius 3 is 2.28 bits per heavy atom. The van der Waals surface area contributed by atoms with Gasteiger partial charge in [-0.1, -0.05) is 54.4 Å². The van der Waals surface area contributed by atoms with Crippen molar-refractivity contribution in [2.45, 2.75) is 29.7 Å². The van der Waals surface area contributed by atoms with Gasteiger partial charge in [-0.05, 0) is 36.2 Å². The second-order valence-electron chi connectivity index (χ2n) is 7.11. The van der Waals surface area contributed by atoms with Gasteiger partial charge in [0.2, 0.25) is 9.84 Å². The van der Waals surface area contributed by atoms with Gasteiger partial charge < -0.3 is 15.6 Å². The first-order chi connectivity index (χ1) is 15.1. The molecule has 0 bridgehead atoms. The van der Waals surface area contributed by atoms with E-state index in [4.69, 9.17) is 28.9 Å². The summed E-state index contributed by atoms with van der Waals surface area (Å²) in [6.07, 6.45) is 0.182. The Balaban J connectivity index is 2.08. The molecule has 0 unspecified atom stereocenters. The number of hydrogen-bond acceptors (Lipinski definition) is 4. The predicted octanol–water partition coefficient (Wildman–Crippen LogP) is 4.09. The van der Waals surface area contributed by atoms with Crippen molar-refractivity contribution in [2.75, 3.05) is 7.05 Å². The smallest absolute Gasteiger partial charge is 0.270 e. The topological polar surface area (TPSA) is 113 Å². The first-order valence-corrected chi connectivity index (χ1v) is 11.9. The minimum Gasteiger partial charge on any atom is -0.364 e. The molecule has 32 heavy (non-hydrogen) atoms. The Labute approximate surface area is 196 Å². The predicted molar refractivity (Wildman–Crippen MR) is 123 cm³/mol. The Hall–Kier alpha value is -2.81. The number of sulfone groups is 1. The van der Waals surface area contributed by atoms with E-state index in [1.165, 1.54) is 17.0 Å². The van der Waals surface area contributed by atoms with E-state index < -0.39 is 21.7 Å². The summed E-state index contributed by atoms with van der Waals surface area (Å²) < 4.78 is 26.7. The minimum atomic E-state index is -4.10. The Morgan fingerprint density at radius 2 is 1.72 bits per heavy atom. The van der Waals surface area contributed by atoms with Crippen molar-refractivity contribution in [3.05, 3.63) is 81.1 Å². The first kappa shape index (κ1) is 23.8. The lowest BCUT2D eigenvalue weighted by Gasteiger charge is -2.18. The molecule has 168 valence electrons. The third-order valence-electron chi connectivity index (χ3n) is 4.96. The quantitative estimate of drug-likeness (QED) is 0.515. The van der Waals surface area contributed by atoms with Gasteiger partial charge in [0.25, 0.3) is 11.8 Å². The van der Waals surface area contributed by atoms with Crippen LogP contribution >= 0.6 is 23.2 Å². The molecule has 10 heteroatoms. The van der Waals surface area contributed by atoms with Gasteiger partial charge in [0.15, 0.2) is 0 Å². The van der Waals surface area contributed by atoms with E-state index >= 15 is 0 Å². The maximum atomic E-state index is 13.3. The van der Waals surface area contributed by atoms with Gasteiger partial charge in [-0.2, -0.15) is 0 Å². The maximum absolute atomic E-state index is 13.3. The first-order valence-electron chi connectivity index (χ1n) is 9.62. The SMILES string of the molecule is CCc1c(C(=O)N(C)Cc2ccc(Cl)cc2Cl)[nH]c(C(N)=O)c1S(=O)(=O)c1ccccc1. The van der Waals surface area contributed by atoms with E-state index in [-0.39, 0.29) is 39.7 Å². The monoisotopic (exact) mass is 493 g/mol. The molecule has 0 saturated carbocycles. The average Bonchev–Trinajstić information content (AvgIpc) is 3.16. The highest BCUT2D eigenvalue weighted by Crippen LogP contribution is 2.31. The number of rotatable bonds is 7. The number of nitrogens with zero attached hydrogens (tertiary/aromatic N) is 1. The van der Waals surface area contributed by atoms with Crippen LogP contribution in [-0.4, -0.2) is 37.2 Å². The van der Waals surface area contributed by atoms with Gasteiger partial charge in [0.1, 0.15) is 16.3 Å². The summed E-state index contributed by atoms with van der Waals surface area (Å²) in [6.45, 7) is 1.84. The van der Waals surface area contributed by atoms with Gasteiger partial charge in [0, 0.05) is 29.2 Å². The largest absolute Gasteiger partial charge is 0.364 e. The molecule has 1 aromatic heterocycles. The van der Waals surface area contributed by atoms with E-state index in [0.717, 1.165) is 0 Å². The lowest BCUT2D eigenvalue weighted by atomic mass is 10.1. The third-order valence-corrected chi connectivity index (χ3v) is 7.43. The van der Waals surface area contributed by atoms with Crippen LogP contribution in [0.5, 0.6) is 0 Å². The molecule has 0 saturated heterocycles. The van der Waals surface area contributed by atoms with Crippen molar-refractivity contribution in [1.29, 1.82) is 0 Å².